The van der Waals surface area contributed by atoms with E-state index in [1.165, 1.54) is 31.3 Å². The van der Waals surface area contributed by atoms with Crippen molar-refractivity contribution in [3.05, 3.63) is 97.7 Å². The summed E-state index contributed by atoms with van der Waals surface area (Å²) in [6, 6.07) is 12.1. The number of nitrogens with zero attached hydrogens (tertiary/aromatic N) is 1. The molecule has 38 heavy (non-hydrogen) atoms. The zero-order chi connectivity index (χ0) is 28.6. The van der Waals surface area contributed by atoms with E-state index in [1.807, 2.05) is 0 Å². The summed E-state index contributed by atoms with van der Waals surface area (Å²) in [7, 11) is 1.29. The molecule has 0 saturated carbocycles. The first-order valence-electron chi connectivity index (χ1n) is 10.5. The van der Waals surface area contributed by atoms with Crippen LogP contribution in [0.25, 0.3) is 0 Å². The van der Waals surface area contributed by atoms with Crippen molar-refractivity contribution in [2.75, 3.05) is 11.9 Å². The van der Waals surface area contributed by atoms with E-state index in [1.54, 1.807) is 18.2 Å². The summed E-state index contributed by atoms with van der Waals surface area (Å²) in [5.74, 6) is -2.54. The van der Waals surface area contributed by atoms with Crippen molar-refractivity contribution in [1.29, 1.82) is 0 Å². The maximum absolute atomic E-state index is 15.3. The van der Waals surface area contributed by atoms with Crippen LogP contribution in [0.4, 0.5) is 40.8 Å². The highest BCUT2D eigenvalue weighted by atomic mass is 79.9. The van der Waals surface area contributed by atoms with Crippen LogP contribution in [0.1, 0.15) is 31.8 Å². The molecule has 0 atom stereocenters. The molecule has 0 aliphatic heterocycles. The molecule has 13 heteroatoms. The third-order valence-electron chi connectivity index (χ3n) is 5.62. The van der Waals surface area contributed by atoms with E-state index < -0.39 is 62.0 Å². The minimum absolute atomic E-state index is 0.149. The van der Waals surface area contributed by atoms with Gasteiger partial charge in [-0.15, -0.1) is 0 Å². The van der Waals surface area contributed by atoms with Crippen LogP contribution < -0.4 is 4.90 Å². The van der Waals surface area contributed by atoms with Gasteiger partial charge in [0.05, 0.1) is 11.3 Å². The van der Waals surface area contributed by atoms with Gasteiger partial charge in [-0.3, -0.25) is 9.59 Å². The first kappa shape index (κ1) is 29.8. The monoisotopic (exact) mass is 671 g/mol. The topological polar surface area (TPSA) is 37.4 Å². The minimum Gasteiger partial charge on any atom is -0.309 e. The van der Waals surface area contributed by atoms with E-state index in [-0.39, 0.29) is 28.9 Å². The Balaban J connectivity index is 1.96. The first-order chi connectivity index (χ1) is 17.5. The van der Waals surface area contributed by atoms with E-state index in [0.29, 0.717) is 0 Å². The number of alkyl halides is 7. The number of halogens is 10. The highest BCUT2D eigenvalue weighted by Gasteiger charge is 2.73. The summed E-state index contributed by atoms with van der Waals surface area (Å²) in [6.45, 7) is 0. The predicted molar refractivity (Wildman–Crippen MR) is 130 cm³/mol. The number of hydrogen-bond donors (Lipinski definition) is 0. The van der Waals surface area contributed by atoms with Crippen LogP contribution in [-0.4, -0.2) is 31.1 Å². The van der Waals surface area contributed by atoms with Crippen molar-refractivity contribution < 1.29 is 44.7 Å². The van der Waals surface area contributed by atoms with Crippen molar-refractivity contribution in [3.8, 4) is 0 Å². The zero-order valence-electron chi connectivity index (χ0n) is 19.0. The average molecular weight is 673 g/mol. The Labute approximate surface area is 227 Å². The number of amides is 1. The van der Waals surface area contributed by atoms with Gasteiger partial charge in [0.2, 0.25) is 0 Å². The van der Waals surface area contributed by atoms with E-state index in [9.17, 15) is 40.3 Å². The molecule has 0 bridgehead atoms. The summed E-state index contributed by atoms with van der Waals surface area (Å²) in [5, 5.41) is 0. The van der Waals surface area contributed by atoms with Gasteiger partial charge in [0.1, 0.15) is 0 Å². The maximum atomic E-state index is 15.3. The number of carbonyl (C=O) groups excluding carboxylic acids is 2. The highest BCUT2D eigenvalue weighted by molar-refractivity contribution is 9.11. The molecular formula is C25H15Br2F8NO2. The molecule has 3 rings (SSSR count). The predicted octanol–water partition coefficient (Wildman–Crippen LogP) is 8.34. The van der Waals surface area contributed by atoms with E-state index >= 15 is 4.39 Å². The number of anilines is 1. The zero-order valence-corrected chi connectivity index (χ0v) is 22.2. The molecule has 0 saturated heterocycles. The Morgan fingerprint density at radius 1 is 0.816 bits per heavy atom. The second-order valence-corrected chi connectivity index (χ2v) is 9.75. The SMILES string of the molecule is CN(C(=O)c1ccccc1)c1cccc(C(=O)Cc2c(Br)cc(C(F)(C(F)(F)F)C(F)(F)F)cc2Br)c1F. The smallest absolute Gasteiger partial charge is 0.309 e. The number of ketones is 1. The molecule has 3 nitrogen and oxygen atoms in total. The molecular weight excluding hydrogens is 658 g/mol. The van der Waals surface area contributed by atoms with Crippen molar-refractivity contribution in [2.45, 2.75) is 24.4 Å². The number of carbonyl (C=O) groups is 2. The molecule has 0 spiro atoms. The molecule has 1 amide bonds. The van der Waals surface area contributed by atoms with Crippen molar-refractivity contribution in [1.82, 2.24) is 0 Å². The molecule has 0 heterocycles. The van der Waals surface area contributed by atoms with Gasteiger partial charge >= 0.3 is 18.0 Å². The average Bonchev–Trinajstić information content (AvgIpc) is 2.83. The molecule has 0 N–H and O–H groups in total. The fourth-order valence-corrected chi connectivity index (χ4v) is 5.06. The lowest BCUT2D eigenvalue weighted by Gasteiger charge is -2.31. The standard InChI is InChI=1S/C25H15Br2F8NO2/c1-36(22(38)13-6-3-2-4-7-13)19-9-5-8-15(21(19)28)20(37)12-16-17(26)10-14(11-18(16)27)23(29,24(30,31)32)25(33,34)35/h2-11H,12H2,1H3. The summed E-state index contributed by atoms with van der Waals surface area (Å²) in [6.07, 6.45) is -13.3. The van der Waals surface area contributed by atoms with Crippen LogP contribution in [0, 0.1) is 5.82 Å². The molecule has 3 aromatic rings. The summed E-state index contributed by atoms with van der Waals surface area (Å²) >= 11 is 5.59. The van der Waals surface area contributed by atoms with Crippen LogP contribution in [0.3, 0.4) is 0 Å². The van der Waals surface area contributed by atoms with Crippen LogP contribution in [0.2, 0.25) is 0 Å². The molecule has 0 aliphatic carbocycles. The third kappa shape index (κ3) is 5.49. The van der Waals surface area contributed by atoms with Crippen molar-refractivity contribution in [3.63, 3.8) is 0 Å². The Morgan fingerprint density at radius 3 is 1.84 bits per heavy atom. The molecule has 0 aromatic heterocycles. The molecule has 0 unspecified atom stereocenters. The number of rotatable bonds is 6. The maximum Gasteiger partial charge on any atom is 0.435 e. The Bertz CT molecular complexity index is 1340. The fourth-order valence-electron chi connectivity index (χ4n) is 3.59. The number of hydrogen-bond acceptors (Lipinski definition) is 2. The lowest BCUT2D eigenvalue weighted by atomic mass is 9.92. The number of benzene rings is 3. The van der Waals surface area contributed by atoms with E-state index in [2.05, 4.69) is 31.9 Å². The first-order valence-corrected chi connectivity index (χ1v) is 12.0. The van der Waals surface area contributed by atoms with Gasteiger partial charge in [0.25, 0.3) is 5.91 Å². The van der Waals surface area contributed by atoms with Crippen LogP contribution >= 0.6 is 31.9 Å². The third-order valence-corrected chi connectivity index (χ3v) is 7.04. The Hall–Kier alpha value is -2.80. The highest BCUT2D eigenvalue weighted by Crippen LogP contribution is 2.54. The van der Waals surface area contributed by atoms with E-state index in [4.69, 9.17) is 0 Å². The van der Waals surface area contributed by atoms with Crippen LogP contribution in [0.5, 0.6) is 0 Å². The quantitative estimate of drug-likeness (QED) is 0.195. The van der Waals surface area contributed by atoms with Gasteiger partial charge < -0.3 is 4.90 Å². The lowest BCUT2D eigenvalue weighted by Crippen LogP contribution is -2.50. The number of Topliss-reactive ketones (excluding diaryl/α,β-unsaturated/α-hetero) is 1. The van der Waals surface area contributed by atoms with Crippen molar-refractivity contribution >= 4 is 49.2 Å². The minimum atomic E-state index is -6.33. The molecule has 3 aromatic carbocycles. The second-order valence-electron chi connectivity index (χ2n) is 8.04. The van der Waals surface area contributed by atoms with Crippen LogP contribution in [-0.2, 0) is 12.1 Å². The largest absolute Gasteiger partial charge is 0.435 e. The lowest BCUT2D eigenvalue weighted by molar-refractivity contribution is -0.348. The Kier molecular flexibility index (Phi) is 8.42. The van der Waals surface area contributed by atoms with Gasteiger partial charge in [-0.1, -0.05) is 56.1 Å². The molecule has 0 fully saturated rings. The van der Waals surface area contributed by atoms with Crippen LogP contribution in [0.15, 0.2) is 69.6 Å². The van der Waals surface area contributed by atoms with Crippen molar-refractivity contribution in [2.24, 2.45) is 0 Å². The Morgan fingerprint density at radius 2 is 1.34 bits per heavy atom. The fraction of sp³-hybridized carbons (Fsp3) is 0.200. The van der Waals surface area contributed by atoms with Gasteiger partial charge in [-0.05, 0) is 42.0 Å². The second kappa shape index (κ2) is 10.8. The van der Waals surface area contributed by atoms with Gasteiger partial charge in [-0.25, -0.2) is 8.78 Å². The molecule has 202 valence electrons. The normalized spacial score (nSPS) is 12.4. The summed E-state index contributed by atoms with van der Waals surface area (Å²) in [5.41, 5.74) is -8.06. The van der Waals surface area contributed by atoms with Gasteiger partial charge in [-0.2, -0.15) is 26.3 Å². The van der Waals surface area contributed by atoms with E-state index in [0.717, 1.165) is 11.0 Å². The van der Waals surface area contributed by atoms with Gasteiger partial charge in [0.15, 0.2) is 11.6 Å². The van der Waals surface area contributed by atoms with Gasteiger partial charge in [0, 0.05) is 33.5 Å². The summed E-state index contributed by atoms with van der Waals surface area (Å²) < 4.78 is 108. The summed E-state index contributed by atoms with van der Waals surface area (Å²) in [4.78, 5) is 26.6. The molecule has 0 aliphatic rings. The molecule has 0 radical (unpaired) electrons.